The van der Waals surface area contributed by atoms with Gasteiger partial charge in [0.2, 0.25) is 0 Å². The van der Waals surface area contributed by atoms with Crippen LogP contribution in [-0.2, 0) is 11.2 Å². The molecule has 0 heterocycles. The molecule has 0 atom stereocenters. The first kappa shape index (κ1) is 21.5. The van der Waals surface area contributed by atoms with Crippen LogP contribution < -0.4 is 4.74 Å². The highest BCUT2D eigenvalue weighted by Crippen LogP contribution is 2.28. The molecular formula is C24H19ClF2O3. The smallest absolute Gasteiger partial charge is 0.303 e. The highest BCUT2D eigenvalue weighted by atomic mass is 35.5. The Morgan fingerprint density at radius 3 is 2.00 bits per heavy atom. The number of hydrogen-bond donors (Lipinski definition) is 1. The van der Waals surface area contributed by atoms with E-state index < -0.39 is 5.97 Å². The lowest BCUT2D eigenvalue weighted by Crippen LogP contribution is -1.99. The molecule has 0 amide bonds. The fourth-order valence-corrected chi connectivity index (χ4v) is 3.20. The Hall–Kier alpha value is -3.18. The number of carboxylic acids is 1. The first-order valence-electron chi connectivity index (χ1n) is 9.27. The predicted molar refractivity (Wildman–Crippen MR) is 113 cm³/mol. The van der Waals surface area contributed by atoms with Gasteiger partial charge in [0.25, 0.3) is 0 Å². The molecule has 0 aliphatic carbocycles. The Bertz CT molecular complexity index is 998. The van der Waals surface area contributed by atoms with Crippen LogP contribution in [0, 0.1) is 11.6 Å². The normalized spacial score (nSPS) is 10.5. The van der Waals surface area contributed by atoms with Crippen molar-refractivity contribution in [1.29, 1.82) is 0 Å². The van der Waals surface area contributed by atoms with Gasteiger partial charge in [-0.2, -0.15) is 0 Å². The summed E-state index contributed by atoms with van der Waals surface area (Å²) in [4.78, 5) is 10.7. The van der Waals surface area contributed by atoms with E-state index in [9.17, 15) is 13.6 Å². The quantitative estimate of drug-likeness (QED) is 0.468. The molecule has 0 saturated heterocycles. The van der Waals surface area contributed by atoms with E-state index in [1.54, 1.807) is 42.5 Å². The van der Waals surface area contributed by atoms with Gasteiger partial charge in [-0.1, -0.05) is 41.9 Å². The van der Waals surface area contributed by atoms with Gasteiger partial charge in [0.1, 0.15) is 24.0 Å². The zero-order valence-corrected chi connectivity index (χ0v) is 16.7. The zero-order chi connectivity index (χ0) is 21.5. The molecule has 3 aromatic rings. The zero-order valence-electron chi connectivity index (χ0n) is 15.9. The molecule has 3 rings (SSSR count). The van der Waals surface area contributed by atoms with Crippen molar-refractivity contribution >= 4 is 23.1 Å². The largest absolute Gasteiger partial charge is 0.488 e. The number of carboxylic acid groups (broad SMARTS) is 1. The maximum Gasteiger partial charge on any atom is 0.303 e. The number of halogens is 3. The van der Waals surface area contributed by atoms with Gasteiger partial charge in [0.15, 0.2) is 0 Å². The predicted octanol–water partition coefficient (Wildman–Crippen LogP) is 6.15. The number of carbonyl (C=O) groups is 1. The molecule has 0 fully saturated rings. The standard InChI is InChI=1S/C24H19ClF2O3/c25-22-15-16(2-12-24(28)29)1-11-23(22)30-14-13-21(17-3-7-19(26)8-4-17)18-5-9-20(27)10-6-18/h1,3-11,13,15H,2,12,14H2,(H,28,29). The third-order valence-electron chi connectivity index (χ3n) is 4.46. The van der Waals surface area contributed by atoms with Crippen molar-refractivity contribution in [2.24, 2.45) is 0 Å². The van der Waals surface area contributed by atoms with Gasteiger partial charge in [0, 0.05) is 6.42 Å². The molecule has 3 nitrogen and oxygen atoms in total. The molecule has 0 spiro atoms. The number of aryl methyl sites for hydroxylation is 1. The van der Waals surface area contributed by atoms with Crippen LogP contribution in [0.1, 0.15) is 23.1 Å². The molecule has 0 radical (unpaired) electrons. The molecule has 1 N–H and O–H groups in total. The molecule has 0 aliphatic heterocycles. The Morgan fingerprint density at radius 1 is 0.933 bits per heavy atom. The number of rotatable bonds is 8. The van der Waals surface area contributed by atoms with Crippen molar-refractivity contribution in [2.75, 3.05) is 6.61 Å². The Balaban J connectivity index is 1.78. The summed E-state index contributed by atoms with van der Waals surface area (Å²) in [6.07, 6.45) is 2.22. The summed E-state index contributed by atoms with van der Waals surface area (Å²) >= 11 is 6.25. The lowest BCUT2D eigenvalue weighted by atomic mass is 9.97. The Kier molecular flexibility index (Phi) is 7.20. The van der Waals surface area contributed by atoms with E-state index >= 15 is 0 Å². The summed E-state index contributed by atoms with van der Waals surface area (Å²) in [5, 5.41) is 9.16. The van der Waals surface area contributed by atoms with Crippen LogP contribution in [0.15, 0.2) is 72.8 Å². The van der Waals surface area contributed by atoms with Crippen LogP contribution in [0.4, 0.5) is 8.78 Å². The first-order valence-corrected chi connectivity index (χ1v) is 9.65. The molecule has 0 aromatic heterocycles. The topological polar surface area (TPSA) is 46.5 Å². The number of hydrogen-bond acceptors (Lipinski definition) is 2. The molecule has 0 bridgehead atoms. The minimum atomic E-state index is -0.870. The van der Waals surface area contributed by atoms with Crippen LogP contribution in [-0.4, -0.2) is 17.7 Å². The van der Waals surface area contributed by atoms with Crippen LogP contribution in [0.3, 0.4) is 0 Å². The lowest BCUT2D eigenvalue weighted by molar-refractivity contribution is -0.136. The second-order valence-corrected chi connectivity index (χ2v) is 7.01. The summed E-state index contributed by atoms with van der Waals surface area (Å²) in [6, 6.07) is 17.2. The monoisotopic (exact) mass is 428 g/mol. The number of ether oxygens (including phenoxy) is 1. The minimum absolute atomic E-state index is 0.0258. The van der Waals surface area contributed by atoms with Gasteiger partial charge in [-0.05, 0) is 71.2 Å². The van der Waals surface area contributed by atoms with Crippen molar-refractivity contribution in [3.63, 3.8) is 0 Å². The third kappa shape index (κ3) is 5.91. The second-order valence-electron chi connectivity index (χ2n) is 6.60. The Morgan fingerprint density at radius 2 is 1.50 bits per heavy atom. The van der Waals surface area contributed by atoms with E-state index in [0.29, 0.717) is 17.2 Å². The van der Waals surface area contributed by atoms with Gasteiger partial charge in [-0.3, -0.25) is 4.79 Å². The molecule has 3 aromatic carbocycles. The summed E-state index contributed by atoms with van der Waals surface area (Å²) in [6.45, 7) is 0.179. The van der Waals surface area contributed by atoms with Crippen LogP contribution in [0.25, 0.3) is 5.57 Å². The molecule has 0 saturated carbocycles. The highest BCUT2D eigenvalue weighted by Gasteiger charge is 2.08. The van der Waals surface area contributed by atoms with Gasteiger partial charge in [-0.25, -0.2) is 8.78 Å². The number of benzene rings is 3. The molecule has 154 valence electrons. The van der Waals surface area contributed by atoms with Crippen LogP contribution in [0.5, 0.6) is 5.75 Å². The van der Waals surface area contributed by atoms with E-state index in [1.807, 2.05) is 6.08 Å². The van der Waals surface area contributed by atoms with Crippen molar-refractivity contribution in [3.8, 4) is 5.75 Å². The summed E-state index contributed by atoms with van der Waals surface area (Å²) in [5.74, 6) is -1.10. The highest BCUT2D eigenvalue weighted by molar-refractivity contribution is 6.32. The molecule has 0 aliphatic rings. The van der Waals surface area contributed by atoms with Crippen molar-refractivity contribution in [3.05, 3.63) is 106 Å². The van der Waals surface area contributed by atoms with Crippen molar-refractivity contribution in [2.45, 2.75) is 12.8 Å². The average molecular weight is 429 g/mol. The molecule has 0 unspecified atom stereocenters. The van der Waals surface area contributed by atoms with Crippen LogP contribution in [0.2, 0.25) is 5.02 Å². The van der Waals surface area contributed by atoms with Crippen molar-refractivity contribution < 1.29 is 23.4 Å². The van der Waals surface area contributed by atoms with Gasteiger partial charge in [-0.15, -0.1) is 0 Å². The lowest BCUT2D eigenvalue weighted by Gasteiger charge is -2.11. The van der Waals surface area contributed by atoms with E-state index in [-0.39, 0.29) is 24.7 Å². The fourth-order valence-electron chi connectivity index (χ4n) is 2.94. The van der Waals surface area contributed by atoms with Gasteiger partial charge < -0.3 is 9.84 Å². The Labute approximate surface area is 178 Å². The minimum Gasteiger partial charge on any atom is -0.488 e. The van der Waals surface area contributed by atoms with E-state index in [0.717, 1.165) is 22.3 Å². The van der Waals surface area contributed by atoms with Crippen LogP contribution >= 0.6 is 11.6 Å². The average Bonchev–Trinajstić information content (AvgIpc) is 2.72. The van der Waals surface area contributed by atoms with E-state index in [1.165, 1.54) is 24.3 Å². The molecular weight excluding hydrogens is 410 g/mol. The fraction of sp³-hybridized carbons (Fsp3) is 0.125. The van der Waals surface area contributed by atoms with Crippen molar-refractivity contribution in [1.82, 2.24) is 0 Å². The van der Waals surface area contributed by atoms with E-state index in [2.05, 4.69) is 0 Å². The first-order chi connectivity index (χ1) is 14.4. The maximum atomic E-state index is 13.3. The molecule has 30 heavy (non-hydrogen) atoms. The van der Waals surface area contributed by atoms with Gasteiger partial charge >= 0.3 is 5.97 Å². The second kappa shape index (κ2) is 10.0. The van der Waals surface area contributed by atoms with Gasteiger partial charge in [0.05, 0.1) is 5.02 Å². The third-order valence-corrected chi connectivity index (χ3v) is 4.76. The summed E-state index contributed by atoms with van der Waals surface area (Å²) in [7, 11) is 0. The summed E-state index contributed by atoms with van der Waals surface area (Å²) in [5.41, 5.74) is 3.11. The SMILES string of the molecule is O=C(O)CCc1ccc(OCC=C(c2ccc(F)cc2)c2ccc(F)cc2)c(Cl)c1. The summed E-state index contributed by atoms with van der Waals surface area (Å²) < 4.78 is 32.4. The maximum absolute atomic E-state index is 13.3. The van der Waals surface area contributed by atoms with E-state index in [4.69, 9.17) is 21.4 Å². The number of aliphatic carboxylic acids is 1. The molecule has 6 heteroatoms.